The highest BCUT2D eigenvalue weighted by molar-refractivity contribution is 7.99. The van der Waals surface area contributed by atoms with Crippen molar-refractivity contribution in [3.63, 3.8) is 0 Å². The smallest absolute Gasteiger partial charge is 0.323 e. The number of esters is 2. The number of hydrogen-bond acceptors (Lipinski definition) is 6. The Morgan fingerprint density at radius 1 is 1.14 bits per heavy atom. The summed E-state index contributed by atoms with van der Waals surface area (Å²) in [6.45, 7) is 0. The highest BCUT2D eigenvalue weighted by atomic mass is 32.2. The van der Waals surface area contributed by atoms with Gasteiger partial charge < -0.3 is 9.47 Å². The van der Waals surface area contributed by atoms with Crippen LogP contribution in [0.1, 0.15) is 0 Å². The Labute approximate surface area is 86.5 Å². The van der Waals surface area contributed by atoms with Crippen molar-refractivity contribution in [1.82, 2.24) is 5.32 Å². The maximum Gasteiger partial charge on any atom is 0.323 e. The number of rotatable bonds is 2. The van der Waals surface area contributed by atoms with Crippen molar-refractivity contribution in [2.24, 2.45) is 0 Å². The molecule has 0 aliphatic carbocycles. The summed E-state index contributed by atoms with van der Waals surface area (Å²) in [4.78, 5) is 22.3. The molecule has 2 atom stereocenters. The summed E-state index contributed by atoms with van der Waals surface area (Å²) in [5.41, 5.74) is 0. The van der Waals surface area contributed by atoms with Gasteiger partial charge in [0.2, 0.25) is 0 Å². The van der Waals surface area contributed by atoms with E-state index in [0.29, 0.717) is 11.5 Å². The molecule has 0 saturated carbocycles. The fourth-order valence-electron chi connectivity index (χ4n) is 1.20. The number of carbonyl (C=O) groups is 2. The van der Waals surface area contributed by atoms with Crippen LogP contribution in [0.25, 0.3) is 0 Å². The van der Waals surface area contributed by atoms with E-state index in [0.717, 1.165) is 0 Å². The van der Waals surface area contributed by atoms with Gasteiger partial charge in [0, 0.05) is 11.5 Å². The first-order valence-electron chi connectivity index (χ1n) is 4.18. The van der Waals surface area contributed by atoms with Crippen LogP contribution in [0.5, 0.6) is 0 Å². The van der Waals surface area contributed by atoms with Gasteiger partial charge in [-0.05, 0) is 0 Å². The minimum Gasteiger partial charge on any atom is -0.468 e. The summed E-state index contributed by atoms with van der Waals surface area (Å²) < 4.78 is 9.17. The van der Waals surface area contributed by atoms with Gasteiger partial charge in [0.25, 0.3) is 0 Å². The minimum atomic E-state index is -0.414. The van der Waals surface area contributed by atoms with Gasteiger partial charge in [0.15, 0.2) is 0 Å². The zero-order valence-electron chi connectivity index (χ0n) is 8.11. The molecule has 1 aliphatic heterocycles. The van der Waals surface area contributed by atoms with E-state index in [-0.39, 0.29) is 11.9 Å². The zero-order chi connectivity index (χ0) is 10.6. The molecule has 0 amide bonds. The first kappa shape index (κ1) is 11.3. The van der Waals surface area contributed by atoms with Crippen LogP contribution in [0.15, 0.2) is 0 Å². The first-order chi connectivity index (χ1) is 6.69. The van der Waals surface area contributed by atoms with Crippen LogP contribution >= 0.6 is 11.8 Å². The third-order valence-corrected chi connectivity index (χ3v) is 3.08. The molecule has 6 heteroatoms. The maximum absolute atomic E-state index is 11.2. The van der Waals surface area contributed by atoms with Crippen LogP contribution in [0.3, 0.4) is 0 Å². The third-order valence-electron chi connectivity index (χ3n) is 1.94. The maximum atomic E-state index is 11.2. The van der Waals surface area contributed by atoms with Crippen molar-refractivity contribution in [3.8, 4) is 0 Å². The Bertz CT molecular complexity index is 211. The van der Waals surface area contributed by atoms with E-state index in [1.807, 2.05) is 0 Å². The topological polar surface area (TPSA) is 64.6 Å². The number of methoxy groups -OCH3 is 2. The number of thioether (sulfide) groups is 1. The normalized spacial score (nSPS) is 26.7. The Kier molecular flexibility index (Phi) is 4.21. The summed E-state index contributed by atoms with van der Waals surface area (Å²) in [6.07, 6.45) is 0. The molecule has 0 aromatic heterocycles. The number of nitrogens with one attached hydrogen (secondary N) is 1. The van der Waals surface area contributed by atoms with Gasteiger partial charge in [0.05, 0.1) is 14.2 Å². The Balaban J connectivity index is 2.51. The van der Waals surface area contributed by atoms with E-state index in [1.54, 1.807) is 0 Å². The second-order valence-electron chi connectivity index (χ2n) is 2.86. The molecule has 80 valence electrons. The van der Waals surface area contributed by atoms with Crippen molar-refractivity contribution >= 4 is 23.7 Å². The molecular weight excluding hydrogens is 206 g/mol. The summed E-state index contributed by atoms with van der Waals surface area (Å²) in [5, 5.41) is 2.88. The van der Waals surface area contributed by atoms with Crippen molar-refractivity contribution in [2.45, 2.75) is 12.1 Å². The highest BCUT2D eigenvalue weighted by Crippen LogP contribution is 2.14. The van der Waals surface area contributed by atoms with Crippen LogP contribution in [0.2, 0.25) is 0 Å². The summed E-state index contributed by atoms with van der Waals surface area (Å²) in [7, 11) is 2.66. The largest absolute Gasteiger partial charge is 0.468 e. The molecule has 0 aromatic rings. The summed E-state index contributed by atoms with van der Waals surface area (Å²) >= 11 is 1.53. The monoisotopic (exact) mass is 219 g/mol. The Hall–Kier alpha value is -0.750. The molecule has 0 radical (unpaired) electrons. The molecule has 0 spiro atoms. The van der Waals surface area contributed by atoms with Crippen molar-refractivity contribution in [1.29, 1.82) is 0 Å². The van der Waals surface area contributed by atoms with Gasteiger partial charge >= 0.3 is 11.9 Å². The summed E-state index contributed by atoms with van der Waals surface area (Å²) in [5.74, 6) is 0.567. The summed E-state index contributed by atoms with van der Waals surface area (Å²) in [6, 6.07) is -0.828. The number of hydrogen-bond donors (Lipinski definition) is 1. The van der Waals surface area contributed by atoms with Crippen LogP contribution in [-0.4, -0.2) is 49.7 Å². The van der Waals surface area contributed by atoms with Crippen LogP contribution in [0.4, 0.5) is 0 Å². The second-order valence-corrected chi connectivity index (χ2v) is 3.93. The van der Waals surface area contributed by atoms with E-state index in [9.17, 15) is 9.59 Å². The minimum absolute atomic E-state index is 0.342. The molecular formula is C8H13NO4S. The van der Waals surface area contributed by atoms with Gasteiger partial charge in [-0.1, -0.05) is 0 Å². The van der Waals surface area contributed by atoms with Crippen LogP contribution in [0, 0.1) is 0 Å². The van der Waals surface area contributed by atoms with Crippen molar-refractivity contribution in [3.05, 3.63) is 0 Å². The molecule has 0 unspecified atom stereocenters. The van der Waals surface area contributed by atoms with Crippen LogP contribution in [-0.2, 0) is 19.1 Å². The van der Waals surface area contributed by atoms with E-state index < -0.39 is 12.1 Å². The van der Waals surface area contributed by atoms with Gasteiger partial charge in [-0.25, -0.2) is 0 Å². The average Bonchev–Trinajstić information content (AvgIpc) is 2.27. The lowest BCUT2D eigenvalue weighted by Gasteiger charge is -2.26. The molecule has 1 saturated heterocycles. The lowest BCUT2D eigenvalue weighted by atomic mass is 10.2. The molecule has 0 aromatic carbocycles. The number of carbonyl (C=O) groups excluding carboxylic acids is 2. The van der Waals surface area contributed by atoms with Crippen molar-refractivity contribution < 1.29 is 19.1 Å². The molecule has 0 bridgehead atoms. The quantitative estimate of drug-likeness (QED) is 0.626. The lowest BCUT2D eigenvalue weighted by Crippen LogP contribution is -2.53. The second kappa shape index (κ2) is 5.21. The fourth-order valence-corrected chi connectivity index (χ4v) is 2.27. The molecule has 1 heterocycles. The van der Waals surface area contributed by atoms with E-state index >= 15 is 0 Å². The standard InChI is InChI=1S/C8H13NO4S/c1-12-7(10)5-3-14-4-6(9-5)8(11)13-2/h5-6,9H,3-4H2,1-2H3/t5-,6-/m0/s1. The highest BCUT2D eigenvalue weighted by Gasteiger charge is 2.31. The lowest BCUT2D eigenvalue weighted by molar-refractivity contribution is -0.145. The molecule has 1 N–H and O–H groups in total. The third kappa shape index (κ3) is 2.62. The SMILES string of the molecule is COC(=O)[C@@H]1CSC[C@@H](C(=O)OC)N1. The van der Waals surface area contributed by atoms with Crippen molar-refractivity contribution in [2.75, 3.05) is 25.7 Å². The molecule has 1 aliphatic rings. The van der Waals surface area contributed by atoms with Gasteiger partial charge in [0.1, 0.15) is 12.1 Å². The fraction of sp³-hybridized carbons (Fsp3) is 0.750. The molecule has 5 nitrogen and oxygen atoms in total. The predicted molar refractivity (Wildman–Crippen MR) is 52.1 cm³/mol. The van der Waals surface area contributed by atoms with E-state index in [2.05, 4.69) is 14.8 Å². The average molecular weight is 219 g/mol. The Morgan fingerprint density at radius 3 is 1.93 bits per heavy atom. The van der Waals surface area contributed by atoms with E-state index in [1.165, 1.54) is 26.0 Å². The molecule has 1 rings (SSSR count). The predicted octanol–water partition coefficient (Wildman–Crippen LogP) is -0.594. The van der Waals surface area contributed by atoms with Gasteiger partial charge in [-0.3, -0.25) is 14.9 Å². The van der Waals surface area contributed by atoms with Gasteiger partial charge in [-0.2, -0.15) is 11.8 Å². The zero-order valence-corrected chi connectivity index (χ0v) is 8.93. The Morgan fingerprint density at radius 2 is 1.57 bits per heavy atom. The van der Waals surface area contributed by atoms with E-state index in [4.69, 9.17) is 0 Å². The first-order valence-corrected chi connectivity index (χ1v) is 5.34. The molecule has 14 heavy (non-hydrogen) atoms. The van der Waals surface area contributed by atoms with Gasteiger partial charge in [-0.15, -0.1) is 0 Å². The number of ether oxygens (including phenoxy) is 2. The van der Waals surface area contributed by atoms with Crippen LogP contribution < -0.4 is 5.32 Å². The molecule has 1 fully saturated rings.